The second-order valence-electron chi connectivity index (χ2n) is 8.98. The zero-order valence-electron chi connectivity index (χ0n) is 19.2. The van der Waals surface area contributed by atoms with Crippen molar-refractivity contribution in [3.05, 3.63) is 30.2 Å². The number of amides is 2. The largest absolute Gasteiger partial charge is 0.438 e. The summed E-state index contributed by atoms with van der Waals surface area (Å²) in [5.74, 6) is -1.76. The van der Waals surface area contributed by atoms with Gasteiger partial charge in [0, 0.05) is 18.8 Å². The lowest BCUT2D eigenvalue weighted by Crippen LogP contribution is -2.37. The minimum atomic E-state index is -4.51. The molecule has 0 aliphatic carbocycles. The number of unbranched alkanes of at least 4 members (excludes halogenated alkanes) is 1. The van der Waals surface area contributed by atoms with Gasteiger partial charge in [-0.15, -0.1) is 0 Å². The number of halogens is 3. The average Bonchev–Trinajstić information content (AvgIpc) is 3.39. The number of carbonyl (C=O) groups is 3. The van der Waals surface area contributed by atoms with Gasteiger partial charge in [-0.1, -0.05) is 27.2 Å². The van der Waals surface area contributed by atoms with Crippen molar-refractivity contribution in [2.75, 3.05) is 5.32 Å². The maximum atomic E-state index is 12.8. The van der Waals surface area contributed by atoms with Crippen molar-refractivity contribution in [2.24, 2.45) is 17.1 Å². The highest BCUT2D eigenvalue weighted by atomic mass is 19.4. The van der Waals surface area contributed by atoms with Crippen molar-refractivity contribution in [3.8, 4) is 0 Å². The summed E-state index contributed by atoms with van der Waals surface area (Å²) >= 11 is 0. The molecule has 2 atom stereocenters. The monoisotopic (exact) mass is 486 g/mol. The highest BCUT2D eigenvalue weighted by Gasteiger charge is 2.34. The van der Waals surface area contributed by atoms with Crippen LogP contribution >= 0.6 is 0 Å². The van der Waals surface area contributed by atoms with Crippen LogP contribution in [0.3, 0.4) is 0 Å². The fourth-order valence-electron chi connectivity index (χ4n) is 3.40. The van der Waals surface area contributed by atoms with Gasteiger partial charge in [0.15, 0.2) is 11.8 Å². The van der Waals surface area contributed by atoms with Crippen LogP contribution in [-0.4, -0.2) is 43.9 Å². The first-order chi connectivity index (χ1) is 15.8. The van der Waals surface area contributed by atoms with Crippen LogP contribution in [0.15, 0.2) is 24.5 Å². The Morgan fingerprint density at radius 1 is 1.18 bits per heavy atom. The number of alkyl halides is 3. The number of aromatic nitrogens is 4. The molecule has 0 fully saturated rings. The molecule has 0 aliphatic rings. The summed E-state index contributed by atoms with van der Waals surface area (Å²) in [7, 11) is 0. The molecular formula is C21H29F3N6O4. The molecule has 0 aliphatic heterocycles. The lowest BCUT2D eigenvalue weighted by molar-refractivity contribution is -0.141. The molecule has 2 amide bonds. The van der Waals surface area contributed by atoms with Gasteiger partial charge >= 0.3 is 12.3 Å². The topological polar surface area (TPSA) is 145 Å². The highest BCUT2D eigenvalue weighted by molar-refractivity contribution is 6.42. The van der Waals surface area contributed by atoms with Gasteiger partial charge in [-0.25, -0.2) is 4.79 Å². The molecule has 0 radical (unpaired) electrons. The molecule has 10 nitrogen and oxygen atoms in total. The number of ether oxygens (including phenoxy) is 1. The van der Waals surface area contributed by atoms with Gasteiger partial charge in [-0.2, -0.15) is 23.4 Å². The van der Waals surface area contributed by atoms with Crippen molar-refractivity contribution in [3.63, 3.8) is 0 Å². The van der Waals surface area contributed by atoms with Crippen LogP contribution in [-0.2, 0) is 27.0 Å². The number of nitrogens with zero attached hydrogens (tertiary/aromatic N) is 3. The number of hydrogen-bond donors (Lipinski definition) is 3. The Bertz CT molecular complexity index is 966. The molecule has 0 aromatic carbocycles. The number of aromatic amines is 1. The van der Waals surface area contributed by atoms with Crippen LogP contribution < -0.4 is 11.1 Å². The van der Waals surface area contributed by atoms with Gasteiger partial charge in [0.25, 0.3) is 11.7 Å². The summed E-state index contributed by atoms with van der Waals surface area (Å²) in [5.41, 5.74) is 3.87. The third-order valence-corrected chi connectivity index (χ3v) is 5.36. The first kappa shape index (κ1) is 26.9. The Balaban J connectivity index is 1.94. The molecule has 2 aromatic heterocycles. The number of rotatable bonds is 11. The molecule has 34 heavy (non-hydrogen) atoms. The molecule has 0 spiro atoms. The Morgan fingerprint density at radius 2 is 1.85 bits per heavy atom. The van der Waals surface area contributed by atoms with Crippen LogP contribution in [0.1, 0.15) is 52.1 Å². The number of primary amides is 1. The maximum absolute atomic E-state index is 12.8. The van der Waals surface area contributed by atoms with E-state index in [1.165, 1.54) is 23.1 Å². The second-order valence-corrected chi connectivity index (χ2v) is 8.98. The van der Waals surface area contributed by atoms with E-state index in [4.69, 9.17) is 10.5 Å². The quantitative estimate of drug-likeness (QED) is 0.327. The predicted octanol–water partition coefficient (Wildman–Crippen LogP) is 3.52. The fraction of sp³-hybridized carbons (Fsp3) is 0.571. The minimum absolute atomic E-state index is 0.0247. The van der Waals surface area contributed by atoms with Crippen LogP contribution in [0.5, 0.6) is 0 Å². The molecule has 0 saturated carbocycles. The summed E-state index contributed by atoms with van der Waals surface area (Å²) in [4.78, 5) is 35.8. The molecule has 2 rings (SSSR count). The number of Topliss-reactive ketones (excluding diaryl/α,β-unsaturated/α-hetero) is 1. The Labute approximate surface area is 194 Å². The summed E-state index contributed by atoms with van der Waals surface area (Å²) in [5, 5.41) is 12.1. The lowest BCUT2D eigenvalue weighted by atomic mass is 9.77. The van der Waals surface area contributed by atoms with Crippen LogP contribution in [0.4, 0.5) is 23.8 Å². The maximum Gasteiger partial charge on any atom is 0.435 e. The summed E-state index contributed by atoms with van der Waals surface area (Å²) < 4.78 is 44.6. The molecular weight excluding hydrogens is 457 g/mol. The standard InChI is InChI=1S/C21H29F3N6O4/c1-20(2,3)13(12-30-11-9-15(29-30)21(22,23)24)6-4-5-7-14(34-19(25)33)17(31)18(32)27-16-8-10-26-28-16/h8-11,13-14H,4-7,12H2,1-3H3,(H2,25,33)(H2,26,27,28,32)/t13-,14+/m1/s1. The van der Waals surface area contributed by atoms with E-state index in [1.54, 1.807) is 0 Å². The minimum Gasteiger partial charge on any atom is -0.438 e. The first-order valence-corrected chi connectivity index (χ1v) is 10.7. The van der Waals surface area contributed by atoms with E-state index < -0.39 is 35.8 Å². The molecule has 2 heterocycles. The van der Waals surface area contributed by atoms with Crippen LogP contribution in [0, 0.1) is 11.3 Å². The number of nitrogens with two attached hydrogens (primary N) is 1. The zero-order chi connectivity index (χ0) is 25.5. The molecule has 4 N–H and O–H groups in total. The van der Waals surface area contributed by atoms with E-state index in [9.17, 15) is 27.6 Å². The third-order valence-electron chi connectivity index (χ3n) is 5.36. The first-order valence-electron chi connectivity index (χ1n) is 10.7. The Kier molecular flexibility index (Phi) is 8.82. The summed E-state index contributed by atoms with van der Waals surface area (Å²) in [6, 6.07) is 2.38. The van der Waals surface area contributed by atoms with E-state index >= 15 is 0 Å². The van der Waals surface area contributed by atoms with Crippen molar-refractivity contribution >= 4 is 23.6 Å². The van der Waals surface area contributed by atoms with Crippen molar-refractivity contribution in [2.45, 2.75) is 65.3 Å². The Morgan fingerprint density at radius 3 is 2.38 bits per heavy atom. The summed E-state index contributed by atoms with van der Waals surface area (Å²) in [6.45, 7) is 6.22. The van der Waals surface area contributed by atoms with Gasteiger partial charge in [0.1, 0.15) is 5.82 Å². The molecule has 0 bridgehead atoms. The highest BCUT2D eigenvalue weighted by Crippen LogP contribution is 2.33. The normalized spacial score (nSPS) is 13.8. The predicted molar refractivity (Wildman–Crippen MR) is 115 cm³/mol. The second kappa shape index (κ2) is 11.2. The Hall–Kier alpha value is -3.38. The zero-order valence-corrected chi connectivity index (χ0v) is 19.2. The average molecular weight is 486 g/mol. The van der Waals surface area contributed by atoms with Crippen molar-refractivity contribution < 1.29 is 32.3 Å². The third kappa shape index (κ3) is 8.19. The molecule has 188 valence electrons. The SMILES string of the molecule is CC(C)(C)[C@H](CCCC[C@H](OC(N)=O)C(=O)C(=O)Nc1ccn[nH]1)Cn1ccc(C(F)(F)F)n1. The number of carbonyl (C=O) groups excluding carboxylic acids is 3. The number of nitrogens with one attached hydrogen (secondary N) is 2. The van der Waals surface area contributed by atoms with Crippen molar-refractivity contribution in [1.29, 1.82) is 0 Å². The number of ketones is 1. The van der Waals surface area contributed by atoms with E-state index in [2.05, 4.69) is 20.6 Å². The van der Waals surface area contributed by atoms with Gasteiger partial charge in [-0.05, 0) is 36.7 Å². The molecule has 0 saturated heterocycles. The number of anilines is 1. The van der Waals surface area contributed by atoms with E-state index in [0.29, 0.717) is 19.3 Å². The van der Waals surface area contributed by atoms with Crippen LogP contribution in [0.25, 0.3) is 0 Å². The smallest absolute Gasteiger partial charge is 0.435 e. The van der Waals surface area contributed by atoms with Crippen LogP contribution in [0.2, 0.25) is 0 Å². The lowest BCUT2D eigenvalue weighted by Gasteiger charge is -2.31. The van der Waals surface area contributed by atoms with E-state index in [0.717, 1.165) is 6.07 Å². The van der Waals surface area contributed by atoms with Gasteiger partial charge in [0.05, 0.1) is 6.20 Å². The van der Waals surface area contributed by atoms with Crippen molar-refractivity contribution in [1.82, 2.24) is 20.0 Å². The van der Waals surface area contributed by atoms with E-state index in [1.807, 2.05) is 20.8 Å². The molecule has 0 unspecified atom stereocenters. The number of H-pyrrole nitrogens is 1. The van der Waals surface area contributed by atoms with Gasteiger partial charge in [0.2, 0.25) is 0 Å². The molecule has 13 heteroatoms. The van der Waals surface area contributed by atoms with Gasteiger partial charge in [-0.3, -0.25) is 19.4 Å². The fourth-order valence-corrected chi connectivity index (χ4v) is 3.40. The summed E-state index contributed by atoms with van der Waals surface area (Å²) in [6.07, 6.45) is -2.69. The molecule has 2 aromatic rings. The van der Waals surface area contributed by atoms with E-state index in [-0.39, 0.29) is 30.1 Å². The number of hydrogen-bond acceptors (Lipinski definition) is 6. The van der Waals surface area contributed by atoms with Gasteiger partial charge < -0.3 is 15.8 Å².